The van der Waals surface area contributed by atoms with E-state index in [2.05, 4.69) is 87.0 Å². The van der Waals surface area contributed by atoms with Crippen molar-refractivity contribution in [3.05, 3.63) is 48.0 Å². The van der Waals surface area contributed by atoms with Crippen LogP contribution in [0.3, 0.4) is 0 Å². The molecule has 2 aromatic carbocycles. The number of rotatable bonds is 15. The summed E-state index contributed by atoms with van der Waals surface area (Å²) in [6.45, 7) is 13.1. The van der Waals surface area contributed by atoms with Gasteiger partial charge in [-0.15, -0.1) is 0 Å². The second kappa shape index (κ2) is 14.5. The third kappa shape index (κ3) is 6.58. The number of carbonyl (C=O) groups excluding carboxylic acids is 1. The van der Waals surface area contributed by atoms with Crippen molar-refractivity contribution < 1.29 is 4.79 Å². The van der Waals surface area contributed by atoms with Crippen LogP contribution in [0.4, 0.5) is 0 Å². The number of H-pyrrole nitrogens is 1. The van der Waals surface area contributed by atoms with Crippen molar-refractivity contribution >= 4 is 50.5 Å². The number of aromatic amines is 1. The van der Waals surface area contributed by atoms with Gasteiger partial charge in [0.15, 0.2) is 0 Å². The summed E-state index contributed by atoms with van der Waals surface area (Å²) < 4.78 is 6.12. The standard InChI is InChI=1S/C22H23N2OS.3C4H9.Sn/c1-3-13-24(14-4-2)22(25)21-19-15-9-5-7-11-17(15)23-20(19)16-10-6-8-12-18(16)26-21;3*1-3-4-2;/h5-6,8-12,21,23H,3-4,13-14H2,1-2H3;3*1,3-4H2,2H3;. The number of carbonyl (C=O) groups is 1. The summed E-state index contributed by atoms with van der Waals surface area (Å²) in [5.41, 5.74) is 4.86. The summed E-state index contributed by atoms with van der Waals surface area (Å²) in [5.74, 6) is 0.270. The third-order valence-electron chi connectivity index (χ3n) is 8.66. The van der Waals surface area contributed by atoms with Crippen LogP contribution in [0, 0.1) is 0 Å². The topological polar surface area (TPSA) is 36.1 Å². The van der Waals surface area contributed by atoms with E-state index in [1.54, 1.807) is 15.3 Å². The van der Waals surface area contributed by atoms with Crippen molar-refractivity contribution in [3.63, 3.8) is 0 Å². The molecule has 1 N–H and O–H groups in total. The first-order chi connectivity index (χ1) is 19.0. The molecule has 1 amide bonds. The van der Waals surface area contributed by atoms with Gasteiger partial charge < -0.3 is 0 Å². The maximum absolute atomic E-state index is 14.1. The van der Waals surface area contributed by atoms with Gasteiger partial charge in [-0.05, 0) is 0 Å². The summed E-state index contributed by atoms with van der Waals surface area (Å²) in [5, 5.41) is 1.06. The molecule has 0 fully saturated rings. The number of fused-ring (bicyclic) bond motifs is 5. The number of benzene rings is 2. The van der Waals surface area contributed by atoms with Crippen LogP contribution in [-0.4, -0.2) is 47.3 Å². The summed E-state index contributed by atoms with van der Waals surface area (Å²) in [6.07, 6.45) is 9.97. The molecule has 3 nitrogen and oxygen atoms in total. The quantitative estimate of drug-likeness (QED) is 0.166. The maximum atomic E-state index is 14.1. The molecule has 1 aromatic heterocycles. The Hall–Kier alpha value is -1.40. The molecule has 0 aliphatic carbocycles. The van der Waals surface area contributed by atoms with Crippen LogP contribution < -0.4 is 3.58 Å². The summed E-state index contributed by atoms with van der Waals surface area (Å²) in [4.78, 5) is 21.3. The van der Waals surface area contributed by atoms with Crippen molar-refractivity contribution in [3.8, 4) is 11.3 Å². The monoisotopic (exact) mass is 654 g/mol. The van der Waals surface area contributed by atoms with E-state index in [-0.39, 0.29) is 11.2 Å². The van der Waals surface area contributed by atoms with Crippen LogP contribution in [0.5, 0.6) is 0 Å². The Labute approximate surface area is 245 Å². The normalized spacial score (nSPS) is 14.8. The molecule has 0 saturated carbocycles. The van der Waals surface area contributed by atoms with E-state index in [0.29, 0.717) is 0 Å². The average Bonchev–Trinajstić information content (AvgIpc) is 3.35. The van der Waals surface area contributed by atoms with E-state index >= 15 is 0 Å². The van der Waals surface area contributed by atoms with E-state index in [4.69, 9.17) is 0 Å². The predicted octanol–water partition coefficient (Wildman–Crippen LogP) is 9.69. The predicted molar refractivity (Wildman–Crippen MR) is 174 cm³/mol. The van der Waals surface area contributed by atoms with Crippen LogP contribution in [0.2, 0.25) is 13.3 Å². The number of amides is 1. The second-order valence-corrected chi connectivity index (χ2v) is 26.0. The third-order valence-corrected chi connectivity index (χ3v) is 25.6. The Morgan fingerprint density at radius 1 is 0.846 bits per heavy atom. The van der Waals surface area contributed by atoms with Gasteiger partial charge in [0.2, 0.25) is 0 Å². The van der Waals surface area contributed by atoms with E-state index in [1.165, 1.54) is 84.5 Å². The molecular formula is C34H50N2OSSn. The molecule has 1 unspecified atom stereocenters. The summed E-state index contributed by atoms with van der Waals surface area (Å²) in [6, 6.07) is 16.1. The molecular weight excluding hydrogens is 603 g/mol. The number of aromatic nitrogens is 1. The molecule has 1 atom stereocenters. The van der Waals surface area contributed by atoms with E-state index in [0.717, 1.165) is 25.9 Å². The molecule has 0 bridgehead atoms. The Morgan fingerprint density at radius 2 is 1.46 bits per heavy atom. The molecule has 0 radical (unpaired) electrons. The van der Waals surface area contributed by atoms with Crippen LogP contribution >= 0.6 is 11.8 Å². The number of nitrogens with one attached hydrogen (secondary N) is 1. The molecule has 1 aliphatic rings. The Bertz CT molecular complexity index is 1210. The van der Waals surface area contributed by atoms with Gasteiger partial charge >= 0.3 is 247 Å². The molecule has 5 heteroatoms. The number of hydrogen-bond donors (Lipinski definition) is 1. The summed E-state index contributed by atoms with van der Waals surface area (Å²) >= 11 is -0.812. The van der Waals surface area contributed by atoms with Crippen molar-refractivity contribution in [2.75, 3.05) is 13.1 Å². The van der Waals surface area contributed by atoms with Gasteiger partial charge in [-0.3, -0.25) is 0 Å². The second-order valence-electron chi connectivity index (χ2n) is 11.6. The van der Waals surface area contributed by atoms with Crippen molar-refractivity contribution in [2.45, 2.75) is 109 Å². The van der Waals surface area contributed by atoms with Gasteiger partial charge in [-0.25, -0.2) is 0 Å². The molecule has 212 valence electrons. The molecule has 3 aromatic rings. The van der Waals surface area contributed by atoms with Crippen LogP contribution in [0.25, 0.3) is 22.2 Å². The number of unbranched alkanes of at least 4 members (excludes halogenated alkanes) is 3. The molecule has 4 rings (SSSR count). The minimum atomic E-state index is -2.56. The van der Waals surface area contributed by atoms with Gasteiger partial charge in [0.1, 0.15) is 0 Å². The zero-order valence-electron chi connectivity index (χ0n) is 25.1. The van der Waals surface area contributed by atoms with E-state index in [1.807, 2.05) is 0 Å². The van der Waals surface area contributed by atoms with Gasteiger partial charge in [-0.1, -0.05) is 0 Å². The average molecular weight is 654 g/mol. The molecule has 2 heterocycles. The van der Waals surface area contributed by atoms with E-state index < -0.39 is 18.4 Å². The molecule has 0 spiro atoms. The summed E-state index contributed by atoms with van der Waals surface area (Å²) in [7, 11) is 0. The molecule has 0 saturated heterocycles. The SMILES string of the molecule is CCC[CH2][Sn]([CH2]CCC)([CH2]CCC)[c]1ccc2c3c([nH]c2c1)-c1ccccc1SC3C(=O)N(CCC)CCC. The van der Waals surface area contributed by atoms with Gasteiger partial charge in [-0.2, -0.15) is 0 Å². The first kappa shape index (κ1) is 30.6. The first-order valence-electron chi connectivity index (χ1n) is 15.7. The van der Waals surface area contributed by atoms with Gasteiger partial charge in [0.05, 0.1) is 0 Å². The number of nitrogens with zero attached hydrogens (tertiary/aromatic N) is 1. The fourth-order valence-electron chi connectivity index (χ4n) is 6.56. The van der Waals surface area contributed by atoms with Crippen molar-refractivity contribution in [1.29, 1.82) is 0 Å². The Balaban J connectivity index is 1.85. The Morgan fingerprint density at radius 3 is 2.05 bits per heavy atom. The zero-order valence-corrected chi connectivity index (χ0v) is 28.7. The number of hydrogen-bond acceptors (Lipinski definition) is 2. The fourth-order valence-corrected chi connectivity index (χ4v) is 23.8. The Kier molecular flexibility index (Phi) is 11.3. The van der Waals surface area contributed by atoms with Crippen LogP contribution in [-0.2, 0) is 4.79 Å². The van der Waals surface area contributed by atoms with Gasteiger partial charge in [0, 0.05) is 0 Å². The number of thioether (sulfide) groups is 1. The van der Waals surface area contributed by atoms with Crippen molar-refractivity contribution in [2.24, 2.45) is 0 Å². The van der Waals surface area contributed by atoms with Crippen LogP contribution in [0.15, 0.2) is 47.4 Å². The van der Waals surface area contributed by atoms with Crippen molar-refractivity contribution in [1.82, 2.24) is 9.88 Å². The molecule has 1 aliphatic heterocycles. The van der Waals surface area contributed by atoms with Crippen LogP contribution in [0.1, 0.15) is 96.8 Å². The zero-order chi connectivity index (χ0) is 27.8. The van der Waals surface area contributed by atoms with Gasteiger partial charge in [0.25, 0.3) is 0 Å². The molecule has 39 heavy (non-hydrogen) atoms. The minimum absolute atomic E-state index is 0.193. The van der Waals surface area contributed by atoms with E-state index in [9.17, 15) is 4.79 Å². The fraction of sp³-hybridized carbons (Fsp3) is 0.559. The first-order valence-corrected chi connectivity index (χ1v) is 24.1.